The number of fused-ring (bicyclic) bond motifs is 2. The van der Waals surface area contributed by atoms with Crippen LogP contribution in [-0.4, -0.2) is 43.4 Å². The first kappa shape index (κ1) is 18.0. The highest BCUT2D eigenvalue weighted by Crippen LogP contribution is 2.40. The van der Waals surface area contributed by atoms with Crippen LogP contribution in [0.25, 0.3) is 22.6 Å². The molecule has 3 aromatic rings. The lowest BCUT2D eigenvalue weighted by molar-refractivity contribution is -0.119. The summed E-state index contributed by atoms with van der Waals surface area (Å²) in [6.07, 6.45) is 5.13. The molecular formula is C20H23N7O2. The Kier molecular flexibility index (Phi) is 4.02. The van der Waals surface area contributed by atoms with Gasteiger partial charge < -0.3 is 15.8 Å². The van der Waals surface area contributed by atoms with Crippen LogP contribution in [0.1, 0.15) is 38.7 Å². The number of hydrogen-bond acceptors (Lipinski definition) is 7. The number of rotatable bonds is 3. The number of pyridine rings is 1. The first-order valence-electron chi connectivity index (χ1n) is 9.88. The van der Waals surface area contributed by atoms with Crippen LogP contribution in [0, 0.1) is 0 Å². The van der Waals surface area contributed by atoms with Crippen molar-refractivity contribution in [1.29, 1.82) is 0 Å². The van der Waals surface area contributed by atoms with Gasteiger partial charge in [0.05, 0.1) is 29.0 Å². The SMILES string of the molecule is CC1(C)C(=O)Nc2nc(-c3nn(CC4CCCCO4)c4ncccc34)nc(N)c21. The van der Waals surface area contributed by atoms with E-state index in [-0.39, 0.29) is 17.8 Å². The lowest BCUT2D eigenvalue weighted by atomic mass is 9.87. The molecule has 3 aromatic heterocycles. The summed E-state index contributed by atoms with van der Waals surface area (Å²) in [6, 6.07) is 3.80. The van der Waals surface area contributed by atoms with E-state index in [4.69, 9.17) is 15.6 Å². The molecule has 0 radical (unpaired) electrons. The zero-order valence-electron chi connectivity index (χ0n) is 16.5. The van der Waals surface area contributed by atoms with Crippen molar-refractivity contribution in [2.75, 3.05) is 17.7 Å². The molecule has 150 valence electrons. The summed E-state index contributed by atoms with van der Waals surface area (Å²) in [5, 5.41) is 8.41. The van der Waals surface area contributed by atoms with Crippen LogP contribution in [0.15, 0.2) is 18.3 Å². The maximum Gasteiger partial charge on any atom is 0.235 e. The Morgan fingerprint density at radius 2 is 2.21 bits per heavy atom. The summed E-state index contributed by atoms with van der Waals surface area (Å²) < 4.78 is 7.73. The molecule has 0 saturated carbocycles. The molecule has 9 heteroatoms. The van der Waals surface area contributed by atoms with Crippen molar-refractivity contribution in [3.63, 3.8) is 0 Å². The molecular weight excluding hydrogens is 370 g/mol. The van der Waals surface area contributed by atoms with Crippen LogP contribution < -0.4 is 11.1 Å². The minimum atomic E-state index is -0.765. The number of anilines is 2. The van der Waals surface area contributed by atoms with Crippen LogP contribution in [0.2, 0.25) is 0 Å². The lowest BCUT2D eigenvalue weighted by Crippen LogP contribution is -2.27. The molecule has 29 heavy (non-hydrogen) atoms. The number of carbonyl (C=O) groups excluding carboxylic acids is 1. The molecule has 5 rings (SSSR count). The topological polar surface area (TPSA) is 121 Å². The molecule has 0 aliphatic carbocycles. The Morgan fingerprint density at radius 3 is 3.00 bits per heavy atom. The van der Waals surface area contributed by atoms with Crippen molar-refractivity contribution in [1.82, 2.24) is 24.7 Å². The molecule has 9 nitrogen and oxygen atoms in total. The fourth-order valence-corrected chi connectivity index (χ4v) is 4.11. The standard InChI is InChI=1S/C20H23N7O2/c1-20(2)13-15(21)23-17(24-16(13)25-19(20)28)14-12-7-5-8-22-18(12)27(26-14)10-11-6-3-4-9-29-11/h5,7-8,11H,3-4,6,9-10H2,1-2H3,(H3,21,23,24,25,28). The first-order valence-corrected chi connectivity index (χ1v) is 9.88. The van der Waals surface area contributed by atoms with Crippen LogP contribution in [0.5, 0.6) is 0 Å². The second kappa shape index (κ2) is 6.48. The van der Waals surface area contributed by atoms with E-state index >= 15 is 0 Å². The third-order valence-electron chi connectivity index (χ3n) is 5.73. The largest absolute Gasteiger partial charge is 0.383 e. The maximum atomic E-state index is 12.3. The van der Waals surface area contributed by atoms with E-state index in [2.05, 4.69) is 20.3 Å². The molecule has 3 N–H and O–H groups in total. The number of ether oxygens (including phenoxy) is 1. The Morgan fingerprint density at radius 1 is 1.34 bits per heavy atom. The van der Waals surface area contributed by atoms with Crippen LogP contribution in [0.4, 0.5) is 11.6 Å². The molecule has 1 saturated heterocycles. The Bertz CT molecular complexity index is 1120. The summed E-state index contributed by atoms with van der Waals surface area (Å²) in [4.78, 5) is 25.9. The van der Waals surface area contributed by atoms with Gasteiger partial charge >= 0.3 is 0 Å². The van der Waals surface area contributed by atoms with Crippen molar-refractivity contribution < 1.29 is 9.53 Å². The fraction of sp³-hybridized carbons (Fsp3) is 0.450. The maximum absolute atomic E-state index is 12.3. The quantitative estimate of drug-likeness (QED) is 0.700. The van der Waals surface area contributed by atoms with Gasteiger partial charge in [0.15, 0.2) is 11.5 Å². The minimum Gasteiger partial charge on any atom is -0.383 e. The highest BCUT2D eigenvalue weighted by molar-refractivity contribution is 6.06. The van der Waals surface area contributed by atoms with E-state index in [1.54, 1.807) is 6.20 Å². The number of nitrogens with two attached hydrogens (primary N) is 1. The lowest BCUT2D eigenvalue weighted by Gasteiger charge is -2.22. The van der Waals surface area contributed by atoms with Gasteiger partial charge in [-0.1, -0.05) is 0 Å². The molecule has 1 unspecified atom stereocenters. The molecule has 2 aliphatic heterocycles. The van der Waals surface area contributed by atoms with Crippen molar-refractivity contribution >= 4 is 28.6 Å². The van der Waals surface area contributed by atoms with Gasteiger partial charge in [0, 0.05) is 12.8 Å². The summed E-state index contributed by atoms with van der Waals surface area (Å²) in [5.41, 5.74) is 7.45. The number of amides is 1. The van der Waals surface area contributed by atoms with E-state index < -0.39 is 5.41 Å². The normalized spacial score (nSPS) is 20.6. The van der Waals surface area contributed by atoms with Gasteiger partial charge in [0.2, 0.25) is 5.91 Å². The number of nitrogen functional groups attached to an aromatic ring is 1. The summed E-state index contributed by atoms with van der Waals surface area (Å²) >= 11 is 0. The molecule has 2 aliphatic rings. The van der Waals surface area contributed by atoms with Crippen molar-refractivity contribution in [2.45, 2.75) is 51.2 Å². The van der Waals surface area contributed by atoms with Gasteiger partial charge in [-0.15, -0.1) is 0 Å². The van der Waals surface area contributed by atoms with E-state index in [9.17, 15) is 4.79 Å². The number of nitrogens with one attached hydrogen (secondary N) is 1. The average Bonchev–Trinajstić information content (AvgIpc) is 3.17. The minimum absolute atomic E-state index is 0.118. The van der Waals surface area contributed by atoms with E-state index in [0.29, 0.717) is 29.4 Å². The highest BCUT2D eigenvalue weighted by Gasteiger charge is 2.42. The predicted octanol–water partition coefficient (Wildman–Crippen LogP) is 2.27. The summed E-state index contributed by atoms with van der Waals surface area (Å²) in [5.74, 6) is 0.970. The van der Waals surface area contributed by atoms with Crippen LogP contribution >= 0.6 is 0 Å². The third-order valence-corrected chi connectivity index (χ3v) is 5.73. The zero-order valence-corrected chi connectivity index (χ0v) is 16.5. The second-order valence-electron chi connectivity index (χ2n) is 8.13. The number of hydrogen-bond donors (Lipinski definition) is 2. The zero-order chi connectivity index (χ0) is 20.2. The first-order chi connectivity index (χ1) is 13.9. The molecule has 0 spiro atoms. The number of nitrogens with zero attached hydrogens (tertiary/aromatic N) is 5. The van der Waals surface area contributed by atoms with Gasteiger partial charge in [-0.3, -0.25) is 4.79 Å². The average molecular weight is 393 g/mol. The summed E-state index contributed by atoms with van der Waals surface area (Å²) in [6.45, 7) is 5.03. The Balaban J connectivity index is 1.60. The van der Waals surface area contributed by atoms with Gasteiger partial charge in [-0.25, -0.2) is 19.6 Å². The molecule has 1 atom stereocenters. The van der Waals surface area contributed by atoms with Gasteiger partial charge in [-0.05, 0) is 45.2 Å². The van der Waals surface area contributed by atoms with Crippen molar-refractivity contribution in [3.05, 3.63) is 23.9 Å². The Hall–Kier alpha value is -3.07. The van der Waals surface area contributed by atoms with Gasteiger partial charge in [-0.2, -0.15) is 5.10 Å². The summed E-state index contributed by atoms with van der Waals surface area (Å²) in [7, 11) is 0. The predicted molar refractivity (Wildman–Crippen MR) is 108 cm³/mol. The van der Waals surface area contributed by atoms with E-state index in [0.717, 1.165) is 36.9 Å². The van der Waals surface area contributed by atoms with Gasteiger partial charge in [0.25, 0.3) is 0 Å². The molecule has 5 heterocycles. The molecule has 1 fully saturated rings. The monoisotopic (exact) mass is 393 g/mol. The Labute approximate surface area is 167 Å². The second-order valence-corrected chi connectivity index (χ2v) is 8.13. The molecule has 1 amide bonds. The van der Waals surface area contributed by atoms with Crippen LogP contribution in [0.3, 0.4) is 0 Å². The van der Waals surface area contributed by atoms with Crippen LogP contribution in [-0.2, 0) is 21.5 Å². The number of carbonyl (C=O) groups is 1. The third kappa shape index (κ3) is 2.84. The van der Waals surface area contributed by atoms with Gasteiger partial charge in [0.1, 0.15) is 17.3 Å². The highest BCUT2D eigenvalue weighted by atomic mass is 16.5. The van der Waals surface area contributed by atoms with E-state index in [1.165, 1.54) is 0 Å². The number of aromatic nitrogens is 5. The van der Waals surface area contributed by atoms with Crippen molar-refractivity contribution in [3.8, 4) is 11.5 Å². The smallest absolute Gasteiger partial charge is 0.235 e. The fourth-order valence-electron chi connectivity index (χ4n) is 4.11. The molecule has 0 bridgehead atoms. The van der Waals surface area contributed by atoms with E-state index in [1.807, 2.05) is 30.7 Å². The molecule has 0 aromatic carbocycles. The van der Waals surface area contributed by atoms with Crippen molar-refractivity contribution in [2.24, 2.45) is 0 Å².